The number of fused-ring (bicyclic) bond motifs is 2. The molecule has 0 radical (unpaired) electrons. The van der Waals surface area contributed by atoms with E-state index in [-0.39, 0.29) is 78.6 Å². The van der Waals surface area contributed by atoms with E-state index in [1.165, 1.54) is 12.4 Å². The van der Waals surface area contributed by atoms with Gasteiger partial charge in [0.1, 0.15) is 47.0 Å². The summed E-state index contributed by atoms with van der Waals surface area (Å²) in [5.41, 5.74) is 8.10. The number of likely N-dealkylation sites (N-methyl/N-ethyl adjacent to an activating group) is 1. The second kappa shape index (κ2) is 20.5. The molecule has 3 aliphatic heterocycles. The van der Waals surface area contributed by atoms with Gasteiger partial charge >= 0.3 is 0 Å². The smallest absolute Gasteiger partial charge is 0.264 e. The number of nitrogen functional groups attached to an aromatic ring is 1. The van der Waals surface area contributed by atoms with Gasteiger partial charge in [0.25, 0.3) is 17.7 Å². The molecule has 5 aromatic rings. The molecule has 2 fully saturated rings. The molecule has 356 valence electrons. The lowest BCUT2D eigenvalue weighted by Crippen LogP contribution is -2.54. The van der Waals surface area contributed by atoms with E-state index in [0.717, 1.165) is 22.6 Å². The molecule has 0 bridgehead atoms. The maximum atomic E-state index is 14.0. The van der Waals surface area contributed by atoms with Crippen LogP contribution in [0.15, 0.2) is 90.8 Å². The fourth-order valence-corrected chi connectivity index (χ4v) is 8.63. The van der Waals surface area contributed by atoms with Gasteiger partial charge in [-0.25, -0.2) is 14.6 Å². The van der Waals surface area contributed by atoms with Crippen LogP contribution in [-0.4, -0.2) is 134 Å². The number of nitrogens with two attached hydrogens (primary N) is 1. The Kier molecular flexibility index (Phi) is 14.1. The van der Waals surface area contributed by atoms with Gasteiger partial charge in [-0.15, -0.1) is 0 Å². The number of carbonyl (C=O) groups excluding carboxylic acids is 6. The van der Waals surface area contributed by atoms with Crippen LogP contribution in [0.4, 0.5) is 11.5 Å². The second-order valence-corrected chi connectivity index (χ2v) is 17.5. The first-order valence-corrected chi connectivity index (χ1v) is 22.6. The number of ether oxygens (including phenoxy) is 2. The molecule has 20 heteroatoms. The molecule has 2 saturated heterocycles. The van der Waals surface area contributed by atoms with E-state index >= 15 is 0 Å². The molecule has 20 nitrogen and oxygen atoms in total. The molecule has 69 heavy (non-hydrogen) atoms. The molecule has 3 aromatic carbocycles. The summed E-state index contributed by atoms with van der Waals surface area (Å²) in [6.07, 6.45) is 4.52. The molecule has 6 amide bonds. The van der Waals surface area contributed by atoms with E-state index in [1.54, 1.807) is 23.1 Å². The van der Waals surface area contributed by atoms with E-state index in [1.807, 2.05) is 85.1 Å². The minimum absolute atomic E-state index is 0.00500. The average molecular weight is 937 g/mol. The zero-order valence-electron chi connectivity index (χ0n) is 38.4. The number of imide groups is 2. The van der Waals surface area contributed by atoms with Crippen LogP contribution in [0, 0.1) is 11.3 Å². The SMILES string of the molecule is CN(CCOCCNC(=O)CNc1cccc2c1C(=O)N(C1CCC(=O)NC1=O)C2=O)C(C)(C)C=C(C#N)C(=O)N1CCC[C@@H](n2nc(-c3ccc(Oc4ccccc4)cc3)c3c(N)ncnc32)C1. The van der Waals surface area contributed by atoms with Crippen molar-refractivity contribution in [3.8, 4) is 28.8 Å². The first kappa shape index (κ1) is 47.5. The number of piperidine rings is 2. The van der Waals surface area contributed by atoms with Crippen molar-refractivity contribution in [1.29, 1.82) is 5.26 Å². The number of nitrogens with zero attached hydrogens (tertiary/aromatic N) is 8. The predicted molar refractivity (Wildman–Crippen MR) is 252 cm³/mol. The molecule has 0 aliphatic carbocycles. The maximum Gasteiger partial charge on any atom is 0.264 e. The van der Waals surface area contributed by atoms with Crippen molar-refractivity contribution in [3.05, 3.63) is 102 Å². The molecule has 5 heterocycles. The van der Waals surface area contributed by atoms with Crippen LogP contribution in [0.1, 0.15) is 66.3 Å². The number of nitriles is 1. The quantitative estimate of drug-likeness (QED) is 0.0447. The van der Waals surface area contributed by atoms with Crippen molar-refractivity contribution in [2.45, 2.75) is 57.2 Å². The fourth-order valence-electron chi connectivity index (χ4n) is 8.63. The number of nitrogens with one attached hydrogen (secondary N) is 3. The summed E-state index contributed by atoms with van der Waals surface area (Å²) >= 11 is 0. The molecule has 0 spiro atoms. The second-order valence-electron chi connectivity index (χ2n) is 17.5. The molecule has 5 N–H and O–H groups in total. The number of hydrogen-bond acceptors (Lipinski definition) is 15. The summed E-state index contributed by atoms with van der Waals surface area (Å²) in [6, 6.07) is 22.4. The molecular weight excluding hydrogens is 885 g/mol. The summed E-state index contributed by atoms with van der Waals surface area (Å²) < 4.78 is 13.6. The number of carbonyl (C=O) groups is 6. The van der Waals surface area contributed by atoms with Crippen molar-refractivity contribution in [2.75, 3.05) is 64.0 Å². The molecule has 1 unspecified atom stereocenters. The van der Waals surface area contributed by atoms with Crippen molar-refractivity contribution >= 4 is 58.0 Å². The van der Waals surface area contributed by atoms with Gasteiger partial charge in [0, 0.05) is 49.4 Å². The Bertz CT molecular complexity index is 2880. The lowest BCUT2D eigenvalue weighted by Gasteiger charge is -2.35. The summed E-state index contributed by atoms with van der Waals surface area (Å²) in [5.74, 6) is -1.59. The van der Waals surface area contributed by atoms with Gasteiger partial charge in [-0.05, 0) is 94.8 Å². The molecular formula is C49H52N12O8. The molecule has 3 aliphatic rings. The van der Waals surface area contributed by atoms with E-state index in [0.29, 0.717) is 55.1 Å². The molecule has 0 saturated carbocycles. The van der Waals surface area contributed by atoms with Gasteiger partial charge < -0.3 is 30.7 Å². The third-order valence-electron chi connectivity index (χ3n) is 12.5. The van der Waals surface area contributed by atoms with Crippen molar-refractivity contribution < 1.29 is 38.2 Å². The molecule has 2 aromatic heterocycles. The minimum atomic E-state index is -1.10. The van der Waals surface area contributed by atoms with Gasteiger partial charge in [-0.2, -0.15) is 10.4 Å². The van der Waals surface area contributed by atoms with Crippen molar-refractivity contribution in [2.24, 2.45) is 0 Å². The van der Waals surface area contributed by atoms with Crippen LogP contribution >= 0.6 is 0 Å². The predicted octanol–water partition coefficient (Wildman–Crippen LogP) is 3.84. The largest absolute Gasteiger partial charge is 0.457 e. The monoisotopic (exact) mass is 936 g/mol. The van der Waals surface area contributed by atoms with Crippen LogP contribution in [0.25, 0.3) is 22.3 Å². The Morgan fingerprint density at radius 1 is 0.986 bits per heavy atom. The molecule has 8 rings (SSSR count). The normalized spacial score (nSPS) is 17.5. The van der Waals surface area contributed by atoms with Crippen LogP contribution in [0.5, 0.6) is 11.5 Å². The van der Waals surface area contributed by atoms with Gasteiger partial charge in [0.05, 0.1) is 42.3 Å². The average Bonchev–Trinajstić information content (AvgIpc) is 3.86. The number of para-hydroxylation sites is 1. The first-order valence-electron chi connectivity index (χ1n) is 22.6. The highest BCUT2D eigenvalue weighted by molar-refractivity contribution is 6.25. The lowest BCUT2D eigenvalue weighted by atomic mass is 9.98. The maximum absolute atomic E-state index is 14.0. The van der Waals surface area contributed by atoms with E-state index < -0.39 is 35.2 Å². The summed E-state index contributed by atoms with van der Waals surface area (Å²) in [6.45, 7) is 5.51. The Morgan fingerprint density at radius 2 is 1.75 bits per heavy atom. The minimum Gasteiger partial charge on any atom is -0.457 e. The van der Waals surface area contributed by atoms with Crippen molar-refractivity contribution in [3.63, 3.8) is 0 Å². The van der Waals surface area contributed by atoms with Crippen LogP contribution < -0.4 is 26.4 Å². The third-order valence-corrected chi connectivity index (χ3v) is 12.5. The number of amides is 6. The van der Waals surface area contributed by atoms with Gasteiger partial charge in [-0.1, -0.05) is 24.3 Å². The third kappa shape index (κ3) is 10.3. The molecule has 2 atom stereocenters. The van der Waals surface area contributed by atoms with Gasteiger partial charge in [0.15, 0.2) is 5.65 Å². The van der Waals surface area contributed by atoms with Gasteiger partial charge in [0.2, 0.25) is 17.7 Å². The zero-order valence-corrected chi connectivity index (χ0v) is 38.4. The Hall–Kier alpha value is -8.02. The number of likely N-dealkylation sites (tertiary alicyclic amines) is 1. The van der Waals surface area contributed by atoms with E-state index in [4.69, 9.17) is 20.3 Å². The van der Waals surface area contributed by atoms with E-state index in [2.05, 4.69) is 32.0 Å². The number of rotatable bonds is 17. The van der Waals surface area contributed by atoms with Crippen molar-refractivity contribution in [1.82, 2.24) is 45.1 Å². The highest BCUT2D eigenvalue weighted by Gasteiger charge is 2.45. The summed E-state index contributed by atoms with van der Waals surface area (Å²) in [5, 5.41) is 23.7. The summed E-state index contributed by atoms with van der Waals surface area (Å²) in [7, 11) is 1.87. The lowest BCUT2D eigenvalue weighted by molar-refractivity contribution is -0.136. The Balaban J connectivity index is 0.811. The van der Waals surface area contributed by atoms with E-state index in [9.17, 15) is 34.0 Å². The van der Waals surface area contributed by atoms with Crippen LogP contribution in [0.2, 0.25) is 0 Å². The summed E-state index contributed by atoms with van der Waals surface area (Å²) in [4.78, 5) is 90.6. The Labute approximate surface area is 397 Å². The first-order chi connectivity index (χ1) is 33.2. The highest BCUT2D eigenvalue weighted by atomic mass is 16.5. The van der Waals surface area contributed by atoms with Crippen LogP contribution in [0.3, 0.4) is 0 Å². The fraction of sp³-hybridized carbons (Fsp3) is 0.347. The highest BCUT2D eigenvalue weighted by Crippen LogP contribution is 2.36. The number of hydrogen-bond donors (Lipinski definition) is 4. The number of aromatic nitrogens is 4. The number of benzene rings is 3. The van der Waals surface area contributed by atoms with Gasteiger partial charge in [-0.3, -0.25) is 43.9 Å². The number of anilines is 2. The zero-order chi connectivity index (χ0) is 48.8. The van der Waals surface area contributed by atoms with Crippen LogP contribution in [-0.2, 0) is 23.9 Å². The topological polar surface area (TPSA) is 260 Å². The standard InChI is InChI=1S/C49H52N12O8/c1-49(2,58(3)22-24-68-23-20-52-39(63)27-53-36-13-7-12-35-40(36)48(67)60(47(35)66)37-18-19-38(62)56-45(37)64)25-31(26-50)46(65)59-21-8-9-32(28-59)61-44-41(43(51)54-29-55-44)42(57-61)30-14-16-34(17-15-30)69-33-10-5-4-6-11-33/h4-7,10-17,25,29,32,37,53H,8-9,18-24,27-28H2,1-3H3,(H,52,63)(H2,51,54,55)(H,56,62,64)/t32-,37?/m1/s1. The Morgan fingerprint density at radius 3 is 2.51 bits per heavy atom.